The monoisotopic (exact) mass is 921 g/mol. The molecule has 3 atom stereocenters. The van der Waals surface area contributed by atoms with E-state index >= 15 is 0 Å². The Morgan fingerprint density at radius 3 is 1.73 bits per heavy atom. The van der Waals surface area contributed by atoms with Crippen LogP contribution in [0.2, 0.25) is 0 Å². The predicted octanol–water partition coefficient (Wildman–Crippen LogP) is 12.9. The first-order valence-electron chi connectivity index (χ1n) is 24.8. The molecule has 12 heteroatoms. The van der Waals surface area contributed by atoms with E-state index in [0.29, 0.717) is 36.7 Å². The van der Waals surface area contributed by atoms with Crippen molar-refractivity contribution in [3.8, 4) is 0 Å². The molecule has 0 bridgehead atoms. The fraction of sp³-hybridized carbons (Fsp3) is 0.731. The van der Waals surface area contributed by atoms with Crippen LogP contribution in [-0.2, 0) is 45.5 Å². The number of furan rings is 1. The molecular formula is C52H91NO10P+. The van der Waals surface area contributed by atoms with Gasteiger partial charge in [-0.05, 0) is 89.2 Å². The average Bonchev–Trinajstić information content (AvgIpc) is 3.50. The highest BCUT2D eigenvalue weighted by Gasteiger charge is 2.27. The van der Waals surface area contributed by atoms with Crippen molar-refractivity contribution < 1.29 is 51.6 Å². The van der Waals surface area contributed by atoms with Gasteiger partial charge in [-0.2, -0.15) is 0 Å². The number of nitrogens with zero attached hydrogens (tertiary/aromatic N) is 1. The first kappa shape index (κ1) is 59.2. The maximum Gasteiger partial charge on any atom is 0.472 e. The molecule has 1 rings (SSSR count). The van der Waals surface area contributed by atoms with Gasteiger partial charge in [0.25, 0.3) is 0 Å². The second-order valence-corrected chi connectivity index (χ2v) is 19.7. The van der Waals surface area contributed by atoms with E-state index in [1.54, 1.807) is 0 Å². The van der Waals surface area contributed by atoms with Crippen molar-refractivity contribution in [2.24, 2.45) is 0 Å². The molecule has 1 aromatic rings. The van der Waals surface area contributed by atoms with Crippen LogP contribution in [0.15, 0.2) is 53.0 Å². The number of phosphoric acid groups is 1. The fourth-order valence-corrected chi connectivity index (χ4v) is 7.71. The normalized spacial score (nSPS) is 14.3. The number of aliphatic hydroxyl groups is 1. The third-order valence-corrected chi connectivity index (χ3v) is 12.1. The molecule has 64 heavy (non-hydrogen) atoms. The number of ether oxygens (including phenoxy) is 2. The molecule has 1 heterocycles. The Hall–Kier alpha value is -2.79. The maximum atomic E-state index is 12.7. The number of allylic oxidation sites excluding steroid dienone is 7. The second kappa shape index (κ2) is 37.3. The smallest absolute Gasteiger partial charge is 0.466 e. The number of esters is 2. The highest BCUT2D eigenvalue weighted by molar-refractivity contribution is 7.47. The van der Waals surface area contributed by atoms with Gasteiger partial charge in [-0.25, -0.2) is 4.57 Å². The van der Waals surface area contributed by atoms with Crippen molar-refractivity contribution in [1.82, 2.24) is 0 Å². The quantitative estimate of drug-likeness (QED) is 0.0214. The van der Waals surface area contributed by atoms with Gasteiger partial charge >= 0.3 is 19.8 Å². The SMILES string of the molecule is CCCCCc1oc(CCCCCCCCCCCCC(=O)OC[C@H](COP(=O)(O)OCC[N+](C)(C)C)OC(=O)CCC/C=C\C/C=C\C/C=C\C/C=C\CC(O)CCC)c(C)c1C. The van der Waals surface area contributed by atoms with E-state index < -0.39 is 32.5 Å². The lowest BCUT2D eigenvalue weighted by molar-refractivity contribution is -0.870. The van der Waals surface area contributed by atoms with Crippen molar-refractivity contribution in [3.63, 3.8) is 0 Å². The van der Waals surface area contributed by atoms with Crippen LogP contribution in [0.5, 0.6) is 0 Å². The Balaban J connectivity index is 2.34. The predicted molar refractivity (Wildman–Crippen MR) is 261 cm³/mol. The molecule has 0 aromatic carbocycles. The number of phosphoric ester groups is 1. The summed E-state index contributed by atoms with van der Waals surface area (Å²) in [5.74, 6) is 1.47. The van der Waals surface area contributed by atoms with Gasteiger partial charge in [0, 0.05) is 25.7 Å². The number of likely N-dealkylation sites (N-methyl/N-ethyl adjacent to an activating group) is 1. The number of unbranched alkanes of at least 4 members (excludes halogenated alkanes) is 12. The van der Waals surface area contributed by atoms with Crippen LogP contribution in [0.1, 0.15) is 184 Å². The van der Waals surface area contributed by atoms with E-state index in [9.17, 15) is 24.2 Å². The third kappa shape index (κ3) is 33.7. The molecule has 0 aliphatic carbocycles. The Morgan fingerprint density at radius 1 is 0.656 bits per heavy atom. The van der Waals surface area contributed by atoms with Crippen LogP contribution < -0.4 is 0 Å². The van der Waals surface area contributed by atoms with Crippen molar-refractivity contribution in [3.05, 3.63) is 71.3 Å². The van der Waals surface area contributed by atoms with Gasteiger partial charge in [0.15, 0.2) is 6.10 Å². The molecule has 2 unspecified atom stereocenters. The molecule has 0 saturated heterocycles. The molecular weight excluding hydrogens is 830 g/mol. The van der Waals surface area contributed by atoms with Crippen LogP contribution in [0.3, 0.4) is 0 Å². The van der Waals surface area contributed by atoms with Crippen LogP contribution in [-0.4, -0.2) is 86.1 Å². The average molecular weight is 921 g/mol. The summed E-state index contributed by atoms with van der Waals surface area (Å²) in [5.41, 5.74) is 2.69. The van der Waals surface area contributed by atoms with Crippen LogP contribution >= 0.6 is 7.82 Å². The number of carbonyl (C=O) groups is 2. The fourth-order valence-electron chi connectivity index (χ4n) is 6.97. The minimum absolute atomic E-state index is 0.00783. The highest BCUT2D eigenvalue weighted by Crippen LogP contribution is 2.43. The summed E-state index contributed by atoms with van der Waals surface area (Å²) in [6.45, 7) is 8.49. The summed E-state index contributed by atoms with van der Waals surface area (Å²) in [7, 11) is 1.40. The Kier molecular flexibility index (Phi) is 34.5. The first-order valence-corrected chi connectivity index (χ1v) is 26.3. The number of aliphatic hydroxyl groups excluding tert-OH is 1. The summed E-state index contributed by atoms with van der Waals surface area (Å²) >= 11 is 0. The molecule has 2 N–H and O–H groups in total. The van der Waals surface area contributed by atoms with Gasteiger partial charge < -0.3 is 28.4 Å². The minimum Gasteiger partial charge on any atom is -0.466 e. The number of rotatable bonds is 41. The number of hydrogen-bond acceptors (Lipinski definition) is 9. The van der Waals surface area contributed by atoms with Crippen molar-refractivity contribution in [2.45, 2.75) is 200 Å². The zero-order chi connectivity index (χ0) is 47.3. The number of aryl methyl sites for hydroxylation is 2. The van der Waals surface area contributed by atoms with Gasteiger partial charge in [0.05, 0.1) is 33.9 Å². The molecule has 0 saturated carbocycles. The lowest BCUT2D eigenvalue weighted by Crippen LogP contribution is -2.37. The number of quaternary nitrogens is 1. The molecule has 0 spiro atoms. The largest absolute Gasteiger partial charge is 0.472 e. The van der Waals surface area contributed by atoms with E-state index in [1.807, 2.05) is 33.3 Å². The van der Waals surface area contributed by atoms with E-state index in [0.717, 1.165) is 64.2 Å². The van der Waals surface area contributed by atoms with Gasteiger partial charge in [-0.15, -0.1) is 0 Å². The topological polar surface area (TPSA) is 142 Å². The molecule has 0 radical (unpaired) electrons. The lowest BCUT2D eigenvalue weighted by Gasteiger charge is -2.24. The molecule has 0 fully saturated rings. The summed E-state index contributed by atoms with van der Waals surface area (Å²) in [5, 5.41) is 9.76. The summed E-state index contributed by atoms with van der Waals surface area (Å²) < 4.78 is 40.6. The van der Waals surface area contributed by atoms with Gasteiger partial charge in [-0.3, -0.25) is 18.6 Å². The van der Waals surface area contributed by atoms with Crippen molar-refractivity contribution in [2.75, 3.05) is 47.5 Å². The van der Waals surface area contributed by atoms with Crippen molar-refractivity contribution >= 4 is 19.8 Å². The molecule has 1 aromatic heterocycles. The van der Waals surface area contributed by atoms with Crippen molar-refractivity contribution in [1.29, 1.82) is 0 Å². The van der Waals surface area contributed by atoms with Crippen LogP contribution in [0.4, 0.5) is 0 Å². The van der Waals surface area contributed by atoms with E-state index in [1.165, 1.54) is 80.4 Å². The zero-order valence-electron chi connectivity index (χ0n) is 41.3. The Labute approximate surface area is 389 Å². The van der Waals surface area contributed by atoms with E-state index in [2.05, 4.69) is 64.2 Å². The van der Waals surface area contributed by atoms with Gasteiger partial charge in [0.1, 0.15) is 31.3 Å². The van der Waals surface area contributed by atoms with Crippen LogP contribution in [0, 0.1) is 13.8 Å². The molecule has 368 valence electrons. The lowest BCUT2D eigenvalue weighted by atomic mass is 10.0. The van der Waals surface area contributed by atoms with Gasteiger partial charge in [-0.1, -0.05) is 133 Å². The van der Waals surface area contributed by atoms with E-state index in [-0.39, 0.29) is 32.2 Å². The van der Waals surface area contributed by atoms with Gasteiger partial charge in [0.2, 0.25) is 0 Å². The van der Waals surface area contributed by atoms with Crippen LogP contribution in [0.25, 0.3) is 0 Å². The number of carbonyl (C=O) groups excluding carboxylic acids is 2. The third-order valence-electron chi connectivity index (χ3n) is 11.1. The van der Waals surface area contributed by atoms with E-state index in [4.69, 9.17) is 22.9 Å². The second-order valence-electron chi connectivity index (χ2n) is 18.3. The Morgan fingerprint density at radius 2 is 1.17 bits per heavy atom. The standard InChI is InChI=1S/C52H90NO10P/c1-8-10-30-37-49-45(3)46(4)50(63-49)38-32-27-23-19-16-17-20-24-28-33-39-51(55)59-43-48(44-61-64(57,58)60-42-41-53(5,6)7)62-52(56)40-34-29-25-21-15-13-11-12-14-18-22-26-31-36-47(54)35-9-2/h11,13-14,18,21,25-26,31,47-48,54H,8-10,12,15-17,19-20,22-24,27-30,32-44H2,1-7H3/p+1/b13-11-,18-14-,25-21-,31-26-/t47?,48-/m1/s1. The summed E-state index contributed by atoms with van der Waals surface area (Å²) in [6.07, 6.45) is 39.0. The minimum atomic E-state index is -4.41. The summed E-state index contributed by atoms with van der Waals surface area (Å²) in [6, 6.07) is 0. The highest BCUT2D eigenvalue weighted by atomic mass is 31.2. The first-order chi connectivity index (χ1) is 30.7. The zero-order valence-corrected chi connectivity index (χ0v) is 42.2. The Bertz CT molecular complexity index is 1520. The summed E-state index contributed by atoms with van der Waals surface area (Å²) in [4.78, 5) is 35.6. The molecule has 0 aliphatic rings. The maximum absolute atomic E-state index is 12.7. The molecule has 0 aliphatic heterocycles. The molecule has 0 amide bonds. The number of hydrogen-bond donors (Lipinski definition) is 2. The molecule has 11 nitrogen and oxygen atoms in total.